The molecule has 1 aromatic rings. The van der Waals surface area contributed by atoms with Gasteiger partial charge in [-0.05, 0) is 49.7 Å². The summed E-state index contributed by atoms with van der Waals surface area (Å²) < 4.78 is 0. The summed E-state index contributed by atoms with van der Waals surface area (Å²) in [6, 6.07) is 6.75. The summed E-state index contributed by atoms with van der Waals surface area (Å²) in [7, 11) is 0. The van der Waals surface area contributed by atoms with E-state index in [-0.39, 0.29) is 0 Å². The molecule has 2 heteroatoms. The monoisotopic (exact) mass is 221 g/mol. The number of thioether (sulfide) groups is 1. The first-order valence-electron chi connectivity index (χ1n) is 5.60. The van der Waals surface area contributed by atoms with Crippen molar-refractivity contribution < 1.29 is 0 Å². The Morgan fingerprint density at radius 3 is 2.80 bits per heavy atom. The van der Waals surface area contributed by atoms with Crippen molar-refractivity contribution in [1.29, 1.82) is 0 Å². The van der Waals surface area contributed by atoms with Crippen molar-refractivity contribution >= 4 is 11.8 Å². The summed E-state index contributed by atoms with van der Waals surface area (Å²) >= 11 is 2.07. The molecule has 0 saturated carbocycles. The van der Waals surface area contributed by atoms with Gasteiger partial charge in [0.1, 0.15) is 0 Å². The van der Waals surface area contributed by atoms with E-state index in [9.17, 15) is 0 Å². The van der Waals surface area contributed by atoms with Crippen molar-refractivity contribution in [3.63, 3.8) is 0 Å². The molecule has 1 aliphatic heterocycles. The molecule has 1 nitrogen and oxygen atoms in total. The highest BCUT2D eigenvalue weighted by Crippen LogP contribution is 2.20. The maximum Gasteiger partial charge on any atom is 0.0187 e. The summed E-state index contributed by atoms with van der Waals surface area (Å²) in [6.07, 6.45) is 0. The molecule has 0 spiro atoms. The number of hydrogen-bond acceptors (Lipinski definition) is 2. The van der Waals surface area contributed by atoms with Crippen LogP contribution in [0.25, 0.3) is 0 Å². The summed E-state index contributed by atoms with van der Waals surface area (Å²) in [5, 5.41) is 3.32. The van der Waals surface area contributed by atoms with Crippen LogP contribution in [-0.4, -0.2) is 18.8 Å². The normalized spacial score (nSPS) is 16.4. The highest BCUT2D eigenvalue weighted by molar-refractivity contribution is 7.98. The van der Waals surface area contributed by atoms with Gasteiger partial charge in [0.2, 0.25) is 0 Å². The predicted octanol–water partition coefficient (Wildman–Crippen LogP) is 2.76. The molecule has 0 radical (unpaired) electrons. The van der Waals surface area contributed by atoms with Gasteiger partial charge in [-0.2, -0.15) is 11.8 Å². The zero-order chi connectivity index (χ0) is 10.7. The Morgan fingerprint density at radius 1 is 1.33 bits per heavy atom. The van der Waals surface area contributed by atoms with Crippen LogP contribution in [0, 0.1) is 19.8 Å². The Labute approximate surface area is 96.7 Å². The molecule has 1 saturated heterocycles. The number of hydrogen-bond donors (Lipinski definition) is 1. The van der Waals surface area contributed by atoms with Crippen LogP contribution in [0.2, 0.25) is 0 Å². The minimum absolute atomic E-state index is 0.917. The molecule has 0 atom stereocenters. The lowest BCUT2D eigenvalue weighted by Gasteiger charge is -2.26. The Morgan fingerprint density at radius 2 is 2.13 bits per heavy atom. The van der Waals surface area contributed by atoms with Crippen LogP contribution in [0.5, 0.6) is 0 Å². The van der Waals surface area contributed by atoms with Gasteiger partial charge in [0.25, 0.3) is 0 Å². The van der Waals surface area contributed by atoms with E-state index in [4.69, 9.17) is 0 Å². The third-order valence-electron chi connectivity index (χ3n) is 2.98. The molecule has 0 aromatic heterocycles. The molecule has 1 N–H and O–H groups in total. The van der Waals surface area contributed by atoms with E-state index in [1.165, 1.54) is 41.3 Å². The van der Waals surface area contributed by atoms with Crippen molar-refractivity contribution in [3.05, 3.63) is 34.9 Å². The second kappa shape index (κ2) is 5.04. The fraction of sp³-hybridized carbons (Fsp3) is 0.538. The summed E-state index contributed by atoms with van der Waals surface area (Å²) in [4.78, 5) is 0. The van der Waals surface area contributed by atoms with E-state index in [1.807, 2.05) is 0 Å². The van der Waals surface area contributed by atoms with E-state index in [0.717, 1.165) is 5.92 Å². The molecule has 0 amide bonds. The SMILES string of the molecule is Cc1ccc(C)c(CSCC2CNC2)c1. The van der Waals surface area contributed by atoms with Gasteiger partial charge in [-0.25, -0.2) is 0 Å². The standard InChI is InChI=1S/C13H19NS/c1-10-3-4-11(2)13(5-10)9-15-8-12-6-14-7-12/h3-5,12,14H,6-9H2,1-2H3. The lowest BCUT2D eigenvalue weighted by Crippen LogP contribution is -2.43. The highest BCUT2D eigenvalue weighted by Gasteiger charge is 2.16. The molecular weight excluding hydrogens is 202 g/mol. The third kappa shape index (κ3) is 2.99. The molecule has 15 heavy (non-hydrogen) atoms. The van der Waals surface area contributed by atoms with Gasteiger partial charge in [0.15, 0.2) is 0 Å². The molecule has 2 rings (SSSR count). The lowest BCUT2D eigenvalue weighted by molar-refractivity contribution is 0.385. The Bertz CT molecular complexity index is 331. The average molecular weight is 221 g/mol. The second-order valence-corrected chi connectivity index (χ2v) is 5.50. The van der Waals surface area contributed by atoms with Crippen molar-refractivity contribution in [2.24, 2.45) is 5.92 Å². The van der Waals surface area contributed by atoms with E-state index in [1.54, 1.807) is 0 Å². The van der Waals surface area contributed by atoms with Crippen molar-refractivity contribution in [1.82, 2.24) is 5.32 Å². The molecule has 1 aromatic carbocycles. The Kier molecular flexibility index (Phi) is 3.71. The second-order valence-electron chi connectivity index (χ2n) is 4.47. The van der Waals surface area contributed by atoms with Gasteiger partial charge >= 0.3 is 0 Å². The first kappa shape index (κ1) is 11.0. The molecule has 1 aliphatic rings. The lowest BCUT2D eigenvalue weighted by atomic mass is 10.1. The van der Waals surface area contributed by atoms with Gasteiger partial charge in [0, 0.05) is 5.75 Å². The van der Waals surface area contributed by atoms with Gasteiger partial charge in [-0.1, -0.05) is 23.8 Å². The van der Waals surface area contributed by atoms with Crippen molar-refractivity contribution in [2.75, 3.05) is 18.8 Å². The minimum atomic E-state index is 0.917. The maximum absolute atomic E-state index is 3.32. The first-order valence-corrected chi connectivity index (χ1v) is 6.76. The molecule has 0 bridgehead atoms. The van der Waals surface area contributed by atoms with Crippen molar-refractivity contribution in [2.45, 2.75) is 19.6 Å². The fourth-order valence-corrected chi connectivity index (χ4v) is 2.98. The zero-order valence-electron chi connectivity index (χ0n) is 9.55. The predicted molar refractivity (Wildman–Crippen MR) is 68.4 cm³/mol. The Balaban J connectivity index is 1.83. The molecular formula is C13H19NS. The van der Waals surface area contributed by atoms with Gasteiger partial charge < -0.3 is 5.32 Å². The zero-order valence-corrected chi connectivity index (χ0v) is 10.4. The van der Waals surface area contributed by atoms with Gasteiger partial charge in [0.05, 0.1) is 0 Å². The van der Waals surface area contributed by atoms with E-state index >= 15 is 0 Å². The summed E-state index contributed by atoms with van der Waals surface area (Å²) in [5.41, 5.74) is 4.31. The third-order valence-corrected chi connectivity index (χ3v) is 4.20. The van der Waals surface area contributed by atoms with Crippen LogP contribution < -0.4 is 5.32 Å². The van der Waals surface area contributed by atoms with Crippen LogP contribution in [0.4, 0.5) is 0 Å². The number of rotatable bonds is 4. The molecule has 82 valence electrons. The fourth-order valence-electron chi connectivity index (χ4n) is 1.76. The summed E-state index contributed by atoms with van der Waals surface area (Å²) in [5.74, 6) is 3.39. The Hall–Kier alpha value is -0.470. The largest absolute Gasteiger partial charge is 0.316 e. The number of benzene rings is 1. The van der Waals surface area contributed by atoms with Crippen LogP contribution in [0.1, 0.15) is 16.7 Å². The van der Waals surface area contributed by atoms with Gasteiger partial charge in [-0.3, -0.25) is 0 Å². The molecule has 1 heterocycles. The van der Waals surface area contributed by atoms with E-state index in [2.05, 4.69) is 49.1 Å². The van der Waals surface area contributed by atoms with Crippen LogP contribution in [0.3, 0.4) is 0 Å². The molecule has 1 fully saturated rings. The molecule has 0 aliphatic carbocycles. The maximum atomic E-state index is 3.32. The molecule has 0 unspecified atom stereocenters. The average Bonchev–Trinajstić information content (AvgIpc) is 2.15. The number of nitrogens with one attached hydrogen (secondary N) is 1. The first-order chi connectivity index (χ1) is 7.25. The van der Waals surface area contributed by atoms with Crippen LogP contribution >= 0.6 is 11.8 Å². The van der Waals surface area contributed by atoms with Crippen molar-refractivity contribution in [3.8, 4) is 0 Å². The quantitative estimate of drug-likeness (QED) is 0.839. The number of aryl methyl sites for hydroxylation is 2. The minimum Gasteiger partial charge on any atom is -0.316 e. The van der Waals surface area contributed by atoms with E-state index < -0.39 is 0 Å². The highest BCUT2D eigenvalue weighted by atomic mass is 32.2. The smallest absolute Gasteiger partial charge is 0.0187 e. The van der Waals surface area contributed by atoms with E-state index in [0.29, 0.717) is 0 Å². The van der Waals surface area contributed by atoms with Gasteiger partial charge in [-0.15, -0.1) is 0 Å². The van der Waals surface area contributed by atoms with Crippen LogP contribution in [-0.2, 0) is 5.75 Å². The summed E-state index contributed by atoms with van der Waals surface area (Å²) in [6.45, 7) is 6.82. The topological polar surface area (TPSA) is 12.0 Å². The van der Waals surface area contributed by atoms with Crippen LogP contribution in [0.15, 0.2) is 18.2 Å².